The average Bonchev–Trinajstić information content (AvgIpc) is 2.35. The van der Waals surface area contributed by atoms with Gasteiger partial charge in [0.25, 0.3) is 0 Å². The van der Waals surface area contributed by atoms with E-state index in [4.69, 9.17) is 0 Å². The Kier molecular flexibility index (Phi) is 4.23. The Hall–Kier alpha value is -0.580. The number of benzene rings is 1. The van der Waals surface area contributed by atoms with Crippen LogP contribution in [0.1, 0.15) is 19.4 Å². The summed E-state index contributed by atoms with van der Waals surface area (Å²) in [6.07, 6.45) is 0. The van der Waals surface area contributed by atoms with Crippen molar-refractivity contribution in [2.45, 2.75) is 32.4 Å². The third kappa shape index (κ3) is 2.96. The van der Waals surface area contributed by atoms with Crippen LogP contribution in [-0.2, 0) is 0 Å². The van der Waals surface area contributed by atoms with Gasteiger partial charge in [0.15, 0.2) is 0 Å². The minimum Gasteiger partial charge on any atom is -0.395 e. The van der Waals surface area contributed by atoms with Gasteiger partial charge in [0.2, 0.25) is 0 Å². The highest BCUT2D eigenvalue weighted by atomic mass is 79.9. The fourth-order valence-corrected chi connectivity index (χ4v) is 3.04. The molecule has 1 unspecified atom stereocenters. The highest BCUT2D eigenvalue weighted by molar-refractivity contribution is 9.10. The van der Waals surface area contributed by atoms with Crippen molar-refractivity contribution in [1.82, 2.24) is 4.90 Å². The molecule has 3 nitrogen and oxygen atoms in total. The number of aryl methyl sites for hydroxylation is 1. The molecule has 0 aromatic heterocycles. The molecule has 1 heterocycles. The maximum atomic E-state index is 9.58. The number of anilines is 1. The zero-order valence-electron chi connectivity index (χ0n) is 12.2. The van der Waals surface area contributed by atoms with E-state index in [9.17, 15) is 5.11 Å². The molecule has 0 amide bonds. The summed E-state index contributed by atoms with van der Waals surface area (Å²) in [7, 11) is 2.10. The van der Waals surface area contributed by atoms with Crippen LogP contribution in [0.25, 0.3) is 0 Å². The molecular weight excluding hydrogens is 304 g/mol. The monoisotopic (exact) mass is 326 g/mol. The van der Waals surface area contributed by atoms with E-state index in [1.165, 1.54) is 11.3 Å². The maximum absolute atomic E-state index is 9.58. The van der Waals surface area contributed by atoms with Crippen molar-refractivity contribution in [3.05, 3.63) is 28.2 Å². The van der Waals surface area contributed by atoms with Crippen LogP contribution in [0.3, 0.4) is 0 Å². The second kappa shape index (κ2) is 5.43. The van der Waals surface area contributed by atoms with Crippen molar-refractivity contribution in [2.24, 2.45) is 0 Å². The smallest absolute Gasteiger partial charge is 0.0604 e. The van der Waals surface area contributed by atoms with Crippen LogP contribution in [0.15, 0.2) is 22.7 Å². The van der Waals surface area contributed by atoms with Crippen molar-refractivity contribution in [3.63, 3.8) is 0 Å². The molecular formula is C15H23BrN2O. The molecule has 19 heavy (non-hydrogen) atoms. The van der Waals surface area contributed by atoms with E-state index in [0.717, 1.165) is 17.6 Å². The van der Waals surface area contributed by atoms with E-state index < -0.39 is 0 Å². The Morgan fingerprint density at radius 3 is 2.68 bits per heavy atom. The van der Waals surface area contributed by atoms with Gasteiger partial charge in [-0.1, -0.05) is 22.0 Å². The normalized spacial score (nSPS) is 23.7. The van der Waals surface area contributed by atoms with E-state index >= 15 is 0 Å². The standard InChI is InChI=1S/C15H23BrN2O/c1-11-5-6-12(7-14(11)16)18-8-13(9-19)17(4)15(2,3)10-18/h5-7,13,19H,8-10H2,1-4H3. The number of hydrogen-bond donors (Lipinski definition) is 1. The van der Waals surface area contributed by atoms with E-state index in [1.807, 2.05) is 0 Å². The average molecular weight is 327 g/mol. The number of aliphatic hydroxyl groups excluding tert-OH is 1. The molecule has 1 aliphatic heterocycles. The van der Waals surface area contributed by atoms with E-state index in [0.29, 0.717) is 0 Å². The van der Waals surface area contributed by atoms with Gasteiger partial charge >= 0.3 is 0 Å². The number of piperazine rings is 1. The van der Waals surface area contributed by atoms with Crippen LogP contribution in [0, 0.1) is 6.92 Å². The molecule has 106 valence electrons. The Labute approximate surface area is 124 Å². The summed E-state index contributed by atoms with van der Waals surface area (Å²) in [6.45, 7) is 8.58. The van der Waals surface area contributed by atoms with Crippen molar-refractivity contribution in [2.75, 3.05) is 31.6 Å². The van der Waals surface area contributed by atoms with Crippen LogP contribution in [0.2, 0.25) is 0 Å². The molecule has 0 radical (unpaired) electrons. The van der Waals surface area contributed by atoms with Crippen molar-refractivity contribution in [3.8, 4) is 0 Å². The molecule has 1 fully saturated rings. The number of halogens is 1. The lowest BCUT2D eigenvalue weighted by atomic mass is 9.95. The SMILES string of the molecule is Cc1ccc(N2CC(CO)N(C)C(C)(C)C2)cc1Br. The number of rotatable bonds is 2. The fraction of sp³-hybridized carbons (Fsp3) is 0.600. The Morgan fingerprint density at radius 1 is 1.42 bits per heavy atom. The number of hydrogen-bond acceptors (Lipinski definition) is 3. The highest BCUT2D eigenvalue weighted by Gasteiger charge is 2.37. The molecule has 1 atom stereocenters. The highest BCUT2D eigenvalue weighted by Crippen LogP contribution is 2.30. The third-order valence-electron chi connectivity index (χ3n) is 4.24. The molecule has 2 rings (SSSR count). The van der Waals surface area contributed by atoms with Crippen LogP contribution < -0.4 is 4.90 Å². The maximum Gasteiger partial charge on any atom is 0.0604 e. The summed E-state index contributed by atoms with van der Waals surface area (Å²) in [5.41, 5.74) is 2.52. The van der Waals surface area contributed by atoms with Crippen LogP contribution in [0.4, 0.5) is 5.69 Å². The first-order valence-corrected chi connectivity index (χ1v) is 7.49. The summed E-state index contributed by atoms with van der Waals surface area (Å²) in [6, 6.07) is 6.66. The second-order valence-electron chi connectivity index (χ2n) is 6.07. The van der Waals surface area contributed by atoms with Gasteiger partial charge < -0.3 is 10.0 Å². The topological polar surface area (TPSA) is 26.7 Å². The lowest BCUT2D eigenvalue weighted by Crippen LogP contribution is -2.63. The quantitative estimate of drug-likeness (QED) is 0.905. The van der Waals surface area contributed by atoms with Crippen molar-refractivity contribution in [1.29, 1.82) is 0 Å². The van der Waals surface area contributed by atoms with Gasteiger partial charge in [-0.15, -0.1) is 0 Å². The van der Waals surface area contributed by atoms with Gasteiger partial charge in [0.1, 0.15) is 0 Å². The molecule has 1 aromatic carbocycles. The molecule has 0 saturated carbocycles. The number of nitrogens with zero attached hydrogens (tertiary/aromatic N) is 2. The largest absolute Gasteiger partial charge is 0.395 e. The Morgan fingerprint density at radius 2 is 2.11 bits per heavy atom. The van der Waals surface area contributed by atoms with Gasteiger partial charge in [0.05, 0.1) is 12.6 Å². The molecule has 1 aromatic rings. The minimum absolute atomic E-state index is 0.0585. The van der Waals surface area contributed by atoms with Gasteiger partial charge in [-0.25, -0.2) is 0 Å². The van der Waals surface area contributed by atoms with E-state index in [2.05, 4.69) is 71.7 Å². The van der Waals surface area contributed by atoms with Gasteiger partial charge in [-0.3, -0.25) is 4.90 Å². The predicted molar refractivity (Wildman–Crippen MR) is 83.8 cm³/mol. The number of aliphatic hydroxyl groups is 1. The zero-order valence-corrected chi connectivity index (χ0v) is 13.7. The van der Waals surface area contributed by atoms with Crippen molar-refractivity contribution < 1.29 is 5.11 Å². The summed E-state index contributed by atoms with van der Waals surface area (Å²) < 4.78 is 1.14. The zero-order chi connectivity index (χ0) is 14.2. The van der Waals surface area contributed by atoms with Crippen LogP contribution >= 0.6 is 15.9 Å². The first-order chi connectivity index (χ1) is 8.85. The van der Waals surface area contributed by atoms with Gasteiger partial charge in [-0.2, -0.15) is 0 Å². The summed E-state index contributed by atoms with van der Waals surface area (Å²) in [5, 5.41) is 9.58. The number of likely N-dealkylation sites (N-methyl/N-ethyl adjacent to an activating group) is 1. The summed E-state index contributed by atoms with van der Waals surface area (Å²) in [5.74, 6) is 0. The molecule has 0 spiro atoms. The lowest BCUT2D eigenvalue weighted by Gasteiger charge is -2.50. The predicted octanol–water partition coefficient (Wildman–Crippen LogP) is 2.65. The second-order valence-corrected chi connectivity index (χ2v) is 6.93. The lowest BCUT2D eigenvalue weighted by molar-refractivity contribution is 0.0455. The molecule has 4 heteroatoms. The van der Waals surface area contributed by atoms with Gasteiger partial charge in [-0.05, 0) is 45.5 Å². The van der Waals surface area contributed by atoms with E-state index in [1.54, 1.807) is 0 Å². The first-order valence-electron chi connectivity index (χ1n) is 6.70. The summed E-state index contributed by atoms with van der Waals surface area (Å²) in [4.78, 5) is 4.65. The Balaban J connectivity index is 2.27. The minimum atomic E-state index is 0.0585. The molecule has 0 bridgehead atoms. The molecule has 1 aliphatic rings. The van der Waals surface area contributed by atoms with E-state index in [-0.39, 0.29) is 18.2 Å². The van der Waals surface area contributed by atoms with Crippen LogP contribution in [-0.4, -0.2) is 48.3 Å². The van der Waals surface area contributed by atoms with Crippen molar-refractivity contribution >= 4 is 21.6 Å². The fourth-order valence-electron chi connectivity index (χ4n) is 2.67. The third-order valence-corrected chi connectivity index (χ3v) is 5.10. The molecule has 0 aliphatic carbocycles. The Bertz CT molecular complexity index is 461. The first kappa shape index (κ1) is 14.8. The molecule has 1 N–H and O–H groups in total. The van der Waals surface area contributed by atoms with Gasteiger partial charge in [0, 0.05) is 28.8 Å². The van der Waals surface area contributed by atoms with Crippen LogP contribution in [0.5, 0.6) is 0 Å². The molecule has 1 saturated heterocycles. The summed E-state index contributed by atoms with van der Waals surface area (Å²) >= 11 is 3.60.